The van der Waals surface area contributed by atoms with Crippen LogP contribution in [0.1, 0.15) is 22.9 Å². The lowest BCUT2D eigenvalue weighted by atomic mass is 10.00. The van der Waals surface area contributed by atoms with Crippen LogP contribution in [-0.4, -0.2) is 9.78 Å². The maximum absolute atomic E-state index is 6.20. The van der Waals surface area contributed by atoms with Crippen molar-refractivity contribution in [3.05, 3.63) is 53.3 Å². The first-order valence-corrected chi connectivity index (χ1v) is 4.99. The highest BCUT2D eigenvalue weighted by atomic mass is 15.3. The fraction of sp³-hybridized carbons (Fsp3) is 0.250. The number of aromatic nitrogens is 2. The van der Waals surface area contributed by atoms with Crippen LogP contribution < -0.4 is 5.73 Å². The Balaban J connectivity index is 2.41. The molecule has 3 heteroatoms. The van der Waals surface area contributed by atoms with Crippen LogP contribution in [-0.2, 0) is 7.05 Å². The number of hydrogen-bond acceptors (Lipinski definition) is 2. The summed E-state index contributed by atoms with van der Waals surface area (Å²) in [6, 6.07) is 10.0. The molecule has 2 N–H and O–H groups in total. The molecule has 1 heterocycles. The van der Waals surface area contributed by atoms with E-state index in [0.717, 1.165) is 11.3 Å². The lowest BCUT2D eigenvalue weighted by Gasteiger charge is -2.14. The number of nitrogens with two attached hydrogens (primary N) is 1. The van der Waals surface area contributed by atoms with Gasteiger partial charge >= 0.3 is 0 Å². The zero-order valence-electron chi connectivity index (χ0n) is 9.01. The van der Waals surface area contributed by atoms with Gasteiger partial charge in [-0.05, 0) is 24.1 Å². The molecule has 0 bridgehead atoms. The second-order valence-corrected chi connectivity index (χ2v) is 3.71. The first kappa shape index (κ1) is 9.93. The molecule has 0 fully saturated rings. The summed E-state index contributed by atoms with van der Waals surface area (Å²) in [5.74, 6) is 0. The maximum atomic E-state index is 6.20. The van der Waals surface area contributed by atoms with E-state index in [1.165, 1.54) is 5.56 Å². The predicted octanol–water partition coefficient (Wildman–Crippen LogP) is 1.78. The van der Waals surface area contributed by atoms with E-state index in [9.17, 15) is 0 Å². The van der Waals surface area contributed by atoms with E-state index in [0.29, 0.717) is 0 Å². The van der Waals surface area contributed by atoms with Crippen molar-refractivity contribution in [1.29, 1.82) is 0 Å². The molecule has 1 aromatic heterocycles. The highest BCUT2D eigenvalue weighted by Crippen LogP contribution is 2.21. The molecule has 0 aliphatic heterocycles. The fourth-order valence-electron chi connectivity index (χ4n) is 1.78. The van der Waals surface area contributed by atoms with E-state index in [1.54, 1.807) is 6.20 Å². The third-order valence-electron chi connectivity index (χ3n) is 2.70. The molecule has 78 valence electrons. The van der Waals surface area contributed by atoms with Gasteiger partial charge in [0.15, 0.2) is 0 Å². The molecule has 0 saturated carbocycles. The van der Waals surface area contributed by atoms with Crippen molar-refractivity contribution in [2.24, 2.45) is 12.8 Å². The Labute approximate surface area is 89.5 Å². The summed E-state index contributed by atoms with van der Waals surface area (Å²) in [4.78, 5) is 0. The van der Waals surface area contributed by atoms with Crippen LogP contribution in [0.4, 0.5) is 0 Å². The summed E-state index contributed by atoms with van der Waals surface area (Å²) in [6.07, 6.45) is 1.77. The molecular weight excluding hydrogens is 186 g/mol. The van der Waals surface area contributed by atoms with Gasteiger partial charge in [-0.1, -0.05) is 24.3 Å². The summed E-state index contributed by atoms with van der Waals surface area (Å²) in [5.41, 5.74) is 9.60. The van der Waals surface area contributed by atoms with Crippen LogP contribution in [0.15, 0.2) is 36.5 Å². The zero-order valence-corrected chi connectivity index (χ0v) is 9.01. The largest absolute Gasteiger partial charge is 0.319 e. The molecule has 3 nitrogen and oxygen atoms in total. The Morgan fingerprint density at radius 2 is 2.00 bits per heavy atom. The SMILES string of the molecule is Cc1ccccc1C(N)c1ccnn1C. The second-order valence-electron chi connectivity index (χ2n) is 3.71. The number of hydrogen-bond donors (Lipinski definition) is 1. The van der Waals surface area contributed by atoms with E-state index in [1.807, 2.05) is 29.9 Å². The van der Waals surface area contributed by atoms with Crippen molar-refractivity contribution in [3.8, 4) is 0 Å². The minimum Gasteiger partial charge on any atom is -0.319 e. The third kappa shape index (κ3) is 1.78. The minimum absolute atomic E-state index is 0.0984. The van der Waals surface area contributed by atoms with Crippen LogP contribution >= 0.6 is 0 Å². The Bertz CT molecular complexity index is 459. The van der Waals surface area contributed by atoms with Gasteiger partial charge in [0.1, 0.15) is 0 Å². The highest BCUT2D eigenvalue weighted by molar-refractivity contribution is 5.33. The first-order valence-electron chi connectivity index (χ1n) is 4.99. The Morgan fingerprint density at radius 3 is 2.60 bits per heavy atom. The topological polar surface area (TPSA) is 43.8 Å². The van der Waals surface area contributed by atoms with E-state index >= 15 is 0 Å². The summed E-state index contributed by atoms with van der Waals surface area (Å²) in [5, 5.41) is 4.13. The molecule has 0 aliphatic carbocycles. The lowest BCUT2D eigenvalue weighted by Crippen LogP contribution is -2.16. The van der Waals surface area contributed by atoms with Crippen molar-refractivity contribution in [1.82, 2.24) is 9.78 Å². The van der Waals surface area contributed by atoms with Crippen molar-refractivity contribution >= 4 is 0 Å². The predicted molar refractivity (Wildman–Crippen MR) is 60.4 cm³/mol. The van der Waals surface area contributed by atoms with E-state index < -0.39 is 0 Å². The molecule has 0 amide bonds. The Hall–Kier alpha value is -1.61. The van der Waals surface area contributed by atoms with Gasteiger partial charge in [-0.2, -0.15) is 5.10 Å². The maximum Gasteiger partial charge on any atom is 0.0725 e. The molecular formula is C12H15N3. The Kier molecular flexibility index (Phi) is 2.56. The average molecular weight is 201 g/mol. The molecule has 15 heavy (non-hydrogen) atoms. The smallest absolute Gasteiger partial charge is 0.0725 e. The van der Waals surface area contributed by atoms with E-state index in [-0.39, 0.29) is 6.04 Å². The average Bonchev–Trinajstić information content (AvgIpc) is 2.64. The molecule has 1 unspecified atom stereocenters. The van der Waals surface area contributed by atoms with Crippen LogP contribution in [0.3, 0.4) is 0 Å². The number of nitrogens with zero attached hydrogens (tertiary/aromatic N) is 2. The molecule has 1 atom stereocenters. The number of benzene rings is 1. The number of aryl methyl sites for hydroxylation is 2. The summed E-state index contributed by atoms with van der Waals surface area (Å²) >= 11 is 0. The third-order valence-corrected chi connectivity index (χ3v) is 2.70. The van der Waals surface area contributed by atoms with Gasteiger partial charge in [-0.15, -0.1) is 0 Å². The molecule has 1 aromatic carbocycles. The highest BCUT2D eigenvalue weighted by Gasteiger charge is 2.13. The quantitative estimate of drug-likeness (QED) is 0.804. The van der Waals surface area contributed by atoms with Crippen LogP contribution in [0.5, 0.6) is 0 Å². The van der Waals surface area contributed by atoms with Crippen molar-refractivity contribution in [2.45, 2.75) is 13.0 Å². The van der Waals surface area contributed by atoms with E-state index in [4.69, 9.17) is 5.73 Å². The van der Waals surface area contributed by atoms with Crippen molar-refractivity contribution in [3.63, 3.8) is 0 Å². The van der Waals surface area contributed by atoms with E-state index in [2.05, 4.69) is 24.2 Å². The Morgan fingerprint density at radius 1 is 1.27 bits per heavy atom. The van der Waals surface area contributed by atoms with Gasteiger partial charge in [0.2, 0.25) is 0 Å². The van der Waals surface area contributed by atoms with Crippen molar-refractivity contribution < 1.29 is 0 Å². The monoisotopic (exact) mass is 201 g/mol. The zero-order chi connectivity index (χ0) is 10.8. The van der Waals surface area contributed by atoms with Gasteiger partial charge in [0, 0.05) is 13.2 Å². The fourth-order valence-corrected chi connectivity index (χ4v) is 1.78. The molecule has 0 spiro atoms. The second kappa shape index (κ2) is 3.87. The summed E-state index contributed by atoms with van der Waals surface area (Å²) in [6.45, 7) is 2.07. The standard InChI is InChI=1S/C12H15N3/c1-9-5-3-4-6-10(9)12(13)11-7-8-14-15(11)2/h3-8,12H,13H2,1-2H3. The normalized spacial score (nSPS) is 12.7. The van der Waals surface area contributed by atoms with Crippen LogP contribution in [0.25, 0.3) is 0 Å². The summed E-state index contributed by atoms with van der Waals surface area (Å²) < 4.78 is 1.82. The molecule has 2 rings (SSSR count). The van der Waals surface area contributed by atoms with Gasteiger partial charge in [0.25, 0.3) is 0 Å². The summed E-state index contributed by atoms with van der Waals surface area (Å²) in [7, 11) is 1.91. The number of rotatable bonds is 2. The minimum atomic E-state index is -0.0984. The van der Waals surface area contributed by atoms with Crippen molar-refractivity contribution in [2.75, 3.05) is 0 Å². The molecule has 0 radical (unpaired) electrons. The molecule has 0 aliphatic rings. The van der Waals surface area contributed by atoms with Gasteiger partial charge < -0.3 is 5.73 Å². The molecule has 0 saturated heterocycles. The van der Waals surface area contributed by atoms with Gasteiger partial charge in [-0.25, -0.2) is 0 Å². The van der Waals surface area contributed by atoms with Crippen LogP contribution in [0.2, 0.25) is 0 Å². The first-order chi connectivity index (χ1) is 7.20. The lowest BCUT2D eigenvalue weighted by molar-refractivity contribution is 0.671. The van der Waals surface area contributed by atoms with Gasteiger partial charge in [-0.3, -0.25) is 4.68 Å². The van der Waals surface area contributed by atoms with Gasteiger partial charge in [0.05, 0.1) is 11.7 Å². The van der Waals surface area contributed by atoms with Crippen LogP contribution in [0, 0.1) is 6.92 Å². The molecule has 2 aromatic rings.